The molecule has 5 rings (SSSR count). The van der Waals surface area contributed by atoms with E-state index in [2.05, 4.69) is 10.6 Å². The number of nitrogens with one attached hydrogen (secondary N) is 2. The van der Waals surface area contributed by atoms with Gasteiger partial charge in [0.05, 0.1) is 17.8 Å². The lowest BCUT2D eigenvalue weighted by atomic mass is 9.59. The Morgan fingerprint density at radius 3 is 2.47 bits per heavy atom. The number of amides is 2. The summed E-state index contributed by atoms with van der Waals surface area (Å²) < 4.78 is 15.2. The number of carbonyl (C=O) groups is 4. The molecule has 4 aliphatic carbocycles. The van der Waals surface area contributed by atoms with Crippen LogP contribution in [0.4, 0.5) is 10.1 Å². The SMILES string of the molecule is NC(=O)C1=C(O)[C@@]2(O)C(=O)C3=C(O)c4c(O)c(NC(=O)CNC5CCCC5)cc(F)c4CC3C[C@H]2CC1=O. The second-order valence-corrected chi connectivity index (χ2v) is 10.4. The number of nitrogens with two attached hydrogens (primary N) is 1. The monoisotopic (exact) mass is 529 g/mol. The summed E-state index contributed by atoms with van der Waals surface area (Å²) in [5.41, 5.74) is 0.349. The van der Waals surface area contributed by atoms with Gasteiger partial charge in [0.2, 0.25) is 11.7 Å². The van der Waals surface area contributed by atoms with Crippen molar-refractivity contribution in [2.75, 3.05) is 11.9 Å². The molecule has 0 saturated heterocycles. The van der Waals surface area contributed by atoms with E-state index in [1.165, 1.54) is 0 Å². The molecule has 2 fully saturated rings. The van der Waals surface area contributed by atoms with E-state index in [0.29, 0.717) is 0 Å². The predicted octanol–water partition coefficient (Wildman–Crippen LogP) is 1.03. The first-order valence-corrected chi connectivity index (χ1v) is 12.5. The van der Waals surface area contributed by atoms with E-state index >= 15 is 4.39 Å². The molecule has 2 saturated carbocycles. The van der Waals surface area contributed by atoms with Gasteiger partial charge >= 0.3 is 0 Å². The summed E-state index contributed by atoms with van der Waals surface area (Å²) in [6.45, 7) is -0.0720. The number of aliphatic hydroxyl groups is 3. The number of phenolic OH excluding ortho intramolecular Hbond substituents is 1. The number of aromatic hydroxyl groups is 1. The molecule has 2 amide bonds. The van der Waals surface area contributed by atoms with Gasteiger partial charge in [-0.2, -0.15) is 0 Å². The van der Waals surface area contributed by atoms with Crippen molar-refractivity contribution < 1.29 is 44.0 Å². The van der Waals surface area contributed by atoms with Gasteiger partial charge in [-0.3, -0.25) is 19.2 Å². The molecule has 0 heterocycles. The van der Waals surface area contributed by atoms with Gasteiger partial charge in [0.25, 0.3) is 5.91 Å². The Kier molecular flexibility index (Phi) is 6.27. The van der Waals surface area contributed by atoms with Gasteiger partial charge in [0.1, 0.15) is 22.9 Å². The molecular formula is C26H28FN3O8. The Bertz CT molecular complexity index is 1350. The first-order chi connectivity index (χ1) is 17.9. The summed E-state index contributed by atoms with van der Waals surface area (Å²) in [4.78, 5) is 50.1. The number of carbonyl (C=O) groups excluding carboxylic acids is 4. The van der Waals surface area contributed by atoms with Crippen LogP contribution in [0.3, 0.4) is 0 Å². The molecule has 1 unspecified atom stereocenters. The fraction of sp³-hybridized carbons (Fsp3) is 0.462. The predicted molar refractivity (Wildman–Crippen MR) is 130 cm³/mol. The van der Waals surface area contributed by atoms with Gasteiger partial charge in [-0.1, -0.05) is 12.8 Å². The largest absolute Gasteiger partial charge is 0.508 e. The average Bonchev–Trinajstić information content (AvgIpc) is 3.37. The Morgan fingerprint density at radius 1 is 1.13 bits per heavy atom. The van der Waals surface area contributed by atoms with E-state index in [-0.39, 0.29) is 42.3 Å². The van der Waals surface area contributed by atoms with Crippen molar-refractivity contribution in [3.8, 4) is 5.75 Å². The van der Waals surface area contributed by atoms with Crippen LogP contribution in [0.1, 0.15) is 49.7 Å². The van der Waals surface area contributed by atoms with Crippen molar-refractivity contribution in [2.24, 2.45) is 17.6 Å². The lowest BCUT2D eigenvalue weighted by Crippen LogP contribution is -2.58. The summed E-state index contributed by atoms with van der Waals surface area (Å²) in [6, 6.07) is 1.13. The van der Waals surface area contributed by atoms with Gasteiger partial charge in [-0.25, -0.2) is 4.39 Å². The first kappa shape index (κ1) is 25.9. The lowest BCUT2D eigenvalue weighted by Gasteiger charge is -2.46. The van der Waals surface area contributed by atoms with Gasteiger partial charge in [0.15, 0.2) is 17.1 Å². The highest BCUT2D eigenvalue weighted by molar-refractivity contribution is 6.22. The lowest BCUT2D eigenvalue weighted by molar-refractivity contribution is -0.147. The molecule has 8 N–H and O–H groups in total. The highest BCUT2D eigenvalue weighted by atomic mass is 19.1. The van der Waals surface area contributed by atoms with Gasteiger partial charge in [-0.15, -0.1) is 0 Å². The Balaban J connectivity index is 1.51. The molecule has 1 aromatic rings. The van der Waals surface area contributed by atoms with Crippen molar-refractivity contribution in [1.29, 1.82) is 0 Å². The second kappa shape index (κ2) is 9.21. The number of halogens is 1. The number of ketones is 2. The van der Waals surface area contributed by atoms with Crippen LogP contribution in [0.5, 0.6) is 5.75 Å². The third-order valence-corrected chi connectivity index (χ3v) is 8.19. The molecule has 11 nitrogen and oxygen atoms in total. The molecule has 0 radical (unpaired) electrons. The van der Waals surface area contributed by atoms with Crippen molar-refractivity contribution in [2.45, 2.75) is 56.6 Å². The minimum absolute atomic E-state index is 0.0720. The number of anilines is 1. The molecule has 0 bridgehead atoms. The minimum Gasteiger partial charge on any atom is -0.508 e. The molecular weight excluding hydrogens is 501 g/mol. The van der Waals surface area contributed by atoms with Crippen LogP contribution in [0.25, 0.3) is 5.76 Å². The molecule has 0 aliphatic heterocycles. The number of benzene rings is 1. The number of Topliss-reactive ketones (excluding diaryl/α,β-unsaturated/α-hetero) is 2. The van der Waals surface area contributed by atoms with Crippen LogP contribution in [0, 0.1) is 17.7 Å². The number of primary amides is 1. The van der Waals surface area contributed by atoms with E-state index in [1.807, 2.05) is 0 Å². The number of phenols is 1. The Labute approximate surface area is 216 Å². The average molecular weight is 530 g/mol. The van der Waals surface area contributed by atoms with Crippen molar-refractivity contribution in [3.05, 3.63) is 39.9 Å². The zero-order valence-electron chi connectivity index (χ0n) is 20.3. The fourth-order valence-electron chi connectivity index (χ4n) is 6.30. The van der Waals surface area contributed by atoms with Gasteiger partial charge in [-0.05, 0) is 31.6 Å². The van der Waals surface area contributed by atoms with Crippen LogP contribution in [-0.4, -0.2) is 62.0 Å². The molecule has 0 aromatic heterocycles. The number of rotatable bonds is 5. The highest BCUT2D eigenvalue weighted by Crippen LogP contribution is 2.53. The molecule has 12 heteroatoms. The molecule has 1 aromatic carbocycles. The number of fused-ring (bicyclic) bond motifs is 3. The Morgan fingerprint density at radius 2 is 1.82 bits per heavy atom. The van der Waals surface area contributed by atoms with Crippen molar-refractivity contribution in [1.82, 2.24) is 5.32 Å². The quantitative estimate of drug-likeness (QED) is 0.215. The van der Waals surface area contributed by atoms with E-state index in [0.717, 1.165) is 31.7 Å². The van der Waals surface area contributed by atoms with Crippen molar-refractivity contribution in [3.63, 3.8) is 0 Å². The molecule has 0 spiro atoms. The maximum Gasteiger partial charge on any atom is 0.255 e. The van der Waals surface area contributed by atoms with E-state index in [9.17, 15) is 39.6 Å². The van der Waals surface area contributed by atoms with E-state index in [4.69, 9.17) is 5.73 Å². The van der Waals surface area contributed by atoms with Crippen molar-refractivity contribution >= 4 is 34.8 Å². The Hall–Kier alpha value is -3.77. The summed E-state index contributed by atoms with van der Waals surface area (Å²) in [7, 11) is 0. The number of hydrogen-bond acceptors (Lipinski definition) is 9. The van der Waals surface area contributed by atoms with E-state index in [1.54, 1.807) is 0 Å². The van der Waals surface area contributed by atoms with Crippen LogP contribution >= 0.6 is 0 Å². The topological polar surface area (TPSA) is 199 Å². The zero-order chi connectivity index (χ0) is 27.5. The van der Waals surface area contributed by atoms with Crippen LogP contribution in [-0.2, 0) is 25.6 Å². The maximum absolute atomic E-state index is 15.2. The van der Waals surface area contributed by atoms with E-state index < -0.39 is 81.5 Å². The first-order valence-electron chi connectivity index (χ1n) is 12.5. The summed E-state index contributed by atoms with van der Waals surface area (Å²) in [5.74, 6) is -9.38. The standard InChI is InChI=1S/C26H28FN3O8/c27-14-8-15(30-17(32)9-29-12-3-1-2-4-12)21(33)19-13(14)6-10-5-11-7-16(31)20(25(28)37)24(36)26(11,38)23(35)18(10)22(19)34/h8,10-12,29,33-34,36,38H,1-7,9H2,(H2,28,37)(H,30,32)/t10?,11-,26-/m0/s1. The summed E-state index contributed by atoms with van der Waals surface area (Å²) >= 11 is 0. The molecule has 38 heavy (non-hydrogen) atoms. The fourth-order valence-corrected chi connectivity index (χ4v) is 6.30. The number of aliphatic hydroxyl groups excluding tert-OH is 2. The van der Waals surface area contributed by atoms with Gasteiger partial charge < -0.3 is 36.8 Å². The maximum atomic E-state index is 15.2. The van der Waals surface area contributed by atoms with Crippen LogP contribution < -0.4 is 16.4 Å². The smallest absolute Gasteiger partial charge is 0.255 e. The highest BCUT2D eigenvalue weighted by Gasteiger charge is 2.60. The third kappa shape index (κ3) is 3.86. The minimum atomic E-state index is -2.71. The van der Waals surface area contributed by atoms with Gasteiger partial charge in [0, 0.05) is 35.6 Å². The zero-order valence-corrected chi connectivity index (χ0v) is 20.3. The van der Waals surface area contributed by atoms with Crippen LogP contribution in [0.15, 0.2) is 23.0 Å². The number of hydrogen-bond donors (Lipinski definition) is 7. The normalized spacial score (nSPS) is 27.2. The summed E-state index contributed by atoms with van der Waals surface area (Å²) in [5, 5.41) is 49.4. The van der Waals surface area contributed by atoms with Crippen LogP contribution in [0.2, 0.25) is 0 Å². The molecule has 202 valence electrons. The molecule has 3 atom stereocenters. The third-order valence-electron chi connectivity index (χ3n) is 8.19. The molecule has 4 aliphatic rings. The summed E-state index contributed by atoms with van der Waals surface area (Å²) in [6.07, 6.45) is 3.28. The second-order valence-electron chi connectivity index (χ2n) is 10.4.